The van der Waals surface area contributed by atoms with Gasteiger partial charge in [0.2, 0.25) is 0 Å². The summed E-state index contributed by atoms with van der Waals surface area (Å²) in [5.41, 5.74) is 0.576. The van der Waals surface area contributed by atoms with Gasteiger partial charge in [-0.25, -0.2) is 9.69 Å². The Balaban J connectivity index is 2.33. The zero-order chi connectivity index (χ0) is 14.2. The predicted molar refractivity (Wildman–Crippen MR) is 69.0 cm³/mol. The van der Waals surface area contributed by atoms with Crippen LogP contribution < -0.4 is 4.90 Å². The van der Waals surface area contributed by atoms with Crippen molar-refractivity contribution < 1.29 is 19.1 Å². The first kappa shape index (κ1) is 13.6. The molecule has 1 heterocycles. The molecule has 0 radical (unpaired) electrons. The first-order chi connectivity index (χ1) is 8.97. The molecule has 19 heavy (non-hydrogen) atoms. The molecular weight excluding hydrogens is 293 g/mol. The Morgan fingerprint density at radius 1 is 1.05 bits per heavy atom. The van der Waals surface area contributed by atoms with Gasteiger partial charge in [-0.3, -0.25) is 9.59 Å². The third-order valence-corrected chi connectivity index (χ3v) is 3.32. The van der Waals surface area contributed by atoms with Crippen LogP contribution in [-0.4, -0.2) is 24.9 Å². The average molecular weight is 300 g/mol. The van der Waals surface area contributed by atoms with Gasteiger partial charge in [-0.2, -0.15) is 0 Å². The summed E-state index contributed by atoms with van der Waals surface area (Å²) in [5.74, 6) is -1.90. The van der Waals surface area contributed by atoms with Crippen molar-refractivity contribution in [1.29, 1.82) is 0 Å². The molecule has 0 aliphatic carbocycles. The van der Waals surface area contributed by atoms with Crippen LogP contribution in [0.4, 0.5) is 5.69 Å². The lowest BCUT2D eigenvalue weighted by atomic mass is 10.2. The van der Waals surface area contributed by atoms with E-state index in [-0.39, 0.29) is 15.8 Å². The summed E-state index contributed by atoms with van der Waals surface area (Å²) in [7, 11) is 1.26. The fourth-order valence-corrected chi connectivity index (χ4v) is 1.91. The summed E-state index contributed by atoms with van der Waals surface area (Å²) in [4.78, 5) is 35.6. The first-order valence-electron chi connectivity index (χ1n) is 5.09. The highest BCUT2D eigenvalue weighted by molar-refractivity contribution is 6.62. The monoisotopic (exact) mass is 299 g/mol. The van der Waals surface area contributed by atoms with E-state index in [1.807, 2.05) is 0 Å². The number of benzene rings is 1. The van der Waals surface area contributed by atoms with Gasteiger partial charge in [0, 0.05) is 0 Å². The van der Waals surface area contributed by atoms with Crippen molar-refractivity contribution in [2.45, 2.75) is 0 Å². The maximum Gasteiger partial charge on any atom is 0.337 e. The number of halogens is 2. The van der Waals surface area contributed by atoms with Crippen molar-refractivity contribution in [3.63, 3.8) is 0 Å². The molecule has 7 heteroatoms. The number of imide groups is 1. The fraction of sp³-hybridized carbons (Fsp3) is 0.0833. The van der Waals surface area contributed by atoms with E-state index in [0.717, 1.165) is 4.90 Å². The first-order valence-corrected chi connectivity index (χ1v) is 5.85. The van der Waals surface area contributed by atoms with Crippen LogP contribution in [0.15, 0.2) is 34.3 Å². The van der Waals surface area contributed by atoms with E-state index in [9.17, 15) is 14.4 Å². The van der Waals surface area contributed by atoms with Crippen LogP contribution in [0.3, 0.4) is 0 Å². The lowest BCUT2D eigenvalue weighted by Crippen LogP contribution is -2.30. The summed E-state index contributed by atoms with van der Waals surface area (Å²) in [6.07, 6.45) is 0. The molecule has 0 saturated carbocycles. The molecule has 2 amide bonds. The molecular formula is C12H7Cl2NO4. The Labute approximate surface area is 118 Å². The Bertz CT molecular complexity index is 583. The molecule has 1 aliphatic heterocycles. The number of hydrogen-bond donors (Lipinski definition) is 0. The normalized spacial score (nSPS) is 15.2. The molecule has 2 rings (SSSR count). The van der Waals surface area contributed by atoms with E-state index in [0.29, 0.717) is 5.56 Å². The second kappa shape index (κ2) is 5.03. The van der Waals surface area contributed by atoms with Crippen molar-refractivity contribution in [1.82, 2.24) is 0 Å². The van der Waals surface area contributed by atoms with Crippen LogP contribution in [0.25, 0.3) is 0 Å². The highest BCUT2D eigenvalue weighted by atomic mass is 35.5. The minimum absolute atomic E-state index is 0.274. The van der Waals surface area contributed by atoms with Crippen molar-refractivity contribution in [3.05, 3.63) is 39.9 Å². The highest BCUT2D eigenvalue weighted by Gasteiger charge is 2.37. The smallest absolute Gasteiger partial charge is 0.337 e. The second-order valence-electron chi connectivity index (χ2n) is 3.61. The van der Waals surface area contributed by atoms with Crippen LogP contribution in [-0.2, 0) is 14.3 Å². The molecule has 0 spiro atoms. The number of rotatable bonds is 2. The van der Waals surface area contributed by atoms with E-state index in [1.54, 1.807) is 0 Å². The zero-order valence-electron chi connectivity index (χ0n) is 9.65. The third-order valence-electron chi connectivity index (χ3n) is 2.52. The van der Waals surface area contributed by atoms with Gasteiger partial charge in [0.25, 0.3) is 11.8 Å². The molecule has 98 valence electrons. The number of nitrogens with zero attached hydrogens (tertiary/aromatic N) is 1. The molecule has 0 aromatic heterocycles. The summed E-state index contributed by atoms with van der Waals surface area (Å²) in [6, 6.07) is 5.73. The Hall–Kier alpha value is -1.85. The molecule has 0 unspecified atom stereocenters. The number of esters is 1. The lowest BCUT2D eigenvalue weighted by Gasteiger charge is -2.14. The van der Waals surface area contributed by atoms with E-state index >= 15 is 0 Å². The van der Waals surface area contributed by atoms with Gasteiger partial charge in [-0.05, 0) is 24.3 Å². The highest BCUT2D eigenvalue weighted by Crippen LogP contribution is 2.31. The molecule has 0 bridgehead atoms. The van der Waals surface area contributed by atoms with Gasteiger partial charge in [0.1, 0.15) is 10.1 Å². The summed E-state index contributed by atoms with van der Waals surface area (Å²) < 4.78 is 4.54. The maximum atomic E-state index is 11.7. The quantitative estimate of drug-likeness (QED) is 0.619. The molecule has 0 N–H and O–H groups in total. The fourth-order valence-electron chi connectivity index (χ4n) is 1.58. The Morgan fingerprint density at radius 3 is 1.95 bits per heavy atom. The van der Waals surface area contributed by atoms with Gasteiger partial charge < -0.3 is 4.74 Å². The van der Waals surface area contributed by atoms with Crippen molar-refractivity contribution >= 4 is 46.7 Å². The van der Waals surface area contributed by atoms with Crippen LogP contribution in [0, 0.1) is 0 Å². The van der Waals surface area contributed by atoms with E-state index in [1.165, 1.54) is 31.4 Å². The number of amides is 2. The van der Waals surface area contributed by atoms with Crippen molar-refractivity contribution in [3.8, 4) is 0 Å². The van der Waals surface area contributed by atoms with Gasteiger partial charge in [-0.15, -0.1) is 0 Å². The van der Waals surface area contributed by atoms with Gasteiger partial charge >= 0.3 is 5.97 Å². The SMILES string of the molecule is COC(=O)c1ccc(N2C(=O)C(Cl)=C(Cl)C2=O)cc1. The number of ether oxygens (including phenoxy) is 1. The van der Waals surface area contributed by atoms with Crippen LogP contribution in [0.2, 0.25) is 0 Å². The van der Waals surface area contributed by atoms with Crippen LogP contribution in [0.5, 0.6) is 0 Å². The van der Waals surface area contributed by atoms with Crippen LogP contribution >= 0.6 is 23.2 Å². The van der Waals surface area contributed by atoms with Crippen molar-refractivity contribution in [2.24, 2.45) is 0 Å². The average Bonchev–Trinajstić information content (AvgIpc) is 2.62. The van der Waals surface area contributed by atoms with Gasteiger partial charge in [-0.1, -0.05) is 23.2 Å². The molecule has 5 nitrogen and oxygen atoms in total. The predicted octanol–water partition coefficient (Wildman–Crippen LogP) is 2.04. The van der Waals surface area contributed by atoms with E-state index in [4.69, 9.17) is 23.2 Å². The minimum atomic E-state index is -0.692. The van der Waals surface area contributed by atoms with E-state index in [2.05, 4.69) is 4.74 Å². The molecule has 1 aliphatic rings. The minimum Gasteiger partial charge on any atom is -0.465 e. The second-order valence-corrected chi connectivity index (χ2v) is 4.37. The molecule has 0 fully saturated rings. The number of carbonyl (C=O) groups excluding carboxylic acids is 3. The van der Waals surface area contributed by atoms with E-state index < -0.39 is 17.8 Å². The summed E-state index contributed by atoms with van der Waals surface area (Å²) in [5, 5.41) is -0.632. The Kier molecular flexibility index (Phi) is 3.59. The van der Waals surface area contributed by atoms with Gasteiger partial charge in [0.05, 0.1) is 18.4 Å². The molecule has 0 atom stereocenters. The lowest BCUT2D eigenvalue weighted by molar-refractivity contribution is -0.120. The number of anilines is 1. The topological polar surface area (TPSA) is 63.7 Å². The molecule has 1 aromatic carbocycles. The standard InChI is InChI=1S/C12H7Cl2NO4/c1-19-12(18)6-2-4-7(5-3-6)15-10(16)8(13)9(14)11(15)17/h2-5H,1H3. The third kappa shape index (κ3) is 2.22. The summed E-state index contributed by atoms with van der Waals surface area (Å²) in [6.45, 7) is 0. The van der Waals surface area contributed by atoms with Crippen LogP contribution in [0.1, 0.15) is 10.4 Å². The van der Waals surface area contributed by atoms with Gasteiger partial charge in [0.15, 0.2) is 0 Å². The molecule has 0 saturated heterocycles. The number of hydrogen-bond acceptors (Lipinski definition) is 4. The van der Waals surface area contributed by atoms with Crippen molar-refractivity contribution in [2.75, 3.05) is 12.0 Å². The maximum absolute atomic E-state index is 11.7. The summed E-state index contributed by atoms with van der Waals surface area (Å²) >= 11 is 11.2. The Morgan fingerprint density at radius 2 is 1.53 bits per heavy atom. The molecule has 1 aromatic rings. The number of methoxy groups -OCH3 is 1. The zero-order valence-corrected chi connectivity index (χ0v) is 11.2. The number of carbonyl (C=O) groups is 3. The largest absolute Gasteiger partial charge is 0.465 e.